The Kier molecular flexibility index (Phi) is 5.53. The van der Waals surface area contributed by atoms with E-state index >= 15 is 0 Å². The zero-order valence-corrected chi connectivity index (χ0v) is 16.3. The van der Waals surface area contributed by atoms with Crippen molar-refractivity contribution >= 4 is 29.3 Å². The van der Waals surface area contributed by atoms with Gasteiger partial charge in [0.25, 0.3) is 0 Å². The number of nitrogens with one attached hydrogen (secondary N) is 2. The molecule has 0 aliphatic carbocycles. The van der Waals surface area contributed by atoms with Crippen LogP contribution in [0.1, 0.15) is 18.4 Å². The van der Waals surface area contributed by atoms with Gasteiger partial charge in [0.15, 0.2) is 0 Å². The van der Waals surface area contributed by atoms with Crippen LogP contribution in [-0.4, -0.2) is 46.6 Å². The standard InChI is InChI=1S/C21H23N5O4/c22-20(28)24-16-8-4-7-15(11-16)23-19(27)18-10-9-17-12-25(18)21(29)26(17)30-13-14-5-2-1-3-6-14/h1-8,11,17-18H,9-10,12-13H2,(H,23,27)(H3,22,24,28)/t17-,18+/m1/s1. The van der Waals surface area contributed by atoms with Crippen LogP contribution >= 0.6 is 0 Å². The van der Waals surface area contributed by atoms with Crippen molar-refractivity contribution in [2.24, 2.45) is 5.73 Å². The van der Waals surface area contributed by atoms with E-state index in [1.54, 1.807) is 29.2 Å². The minimum Gasteiger partial charge on any atom is -0.351 e. The second kappa shape index (κ2) is 8.42. The monoisotopic (exact) mass is 409 g/mol. The molecule has 0 aromatic heterocycles. The number of nitrogens with zero attached hydrogens (tertiary/aromatic N) is 2. The van der Waals surface area contributed by atoms with E-state index < -0.39 is 12.1 Å². The zero-order valence-electron chi connectivity index (χ0n) is 16.3. The molecule has 4 N–H and O–H groups in total. The Hall–Kier alpha value is -3.59. The van der Waals surface area contributed by atoms with Gasteiger partial charge in [0.05, 0.1) is 6.04 Å². The molecule has 2 fully saturated rings. The normalized spacial score (nSPS) is 20.2. The molecule has 9 nitrogen and oxygen atoms in total. The van der Waals surface area contributed by atoms with Crippen LogP contribution in [0.3, 0.4) is 0 Å². The Labute approximate surface area is 173 Å². The second-order valence-electron chi connectivity index (χ2n) is 7.33. The zero-order chi connectivity index (χ0) is 21.1. The van der Waals surface area contributed by atoms with Crippen LogP contribution < -0.4 is 16.4 Å². The summed E-state index contributed by atoms with van der Waals surface area (Å²) in [4.78, 5) is 44.0. The number of rotatable bonds is 6. The maximum atomic E-state index is 12.8. The van der Waals surface area contributed by atoms with E-state index in [-0.39, 0.29) is 18.0 Å². The number of urea groups is 2. The second-order valence-corrected chi connectivity index (χ2v) is 7.33. The molecule has 2 saturated heterocycles. The summed E-state index contributed by atoms with van der Waals surface area (Å²) in [5, 5.41) is 6.68. The molecule has 9 heteroatoms. The fourth-order valence-corrected chi connectivity index (χ4v) is 3.83. The Bertz CT molecular complexity index is 951. The van der Waals surface area contributed by atoms with E-state index in [1.165, 1.54) is 5.06 Å². The molecule has 2 atom stereocenters. The summed E-state index contributed by atoms with van der Waals surface area (Å²) in [5.74, 6) is -0.275. The van der Waals surface area contributed by atoms with Crippen molar-refractivity contribution in [2.75, 3.05) is 17.2 Å². The Morgan fingerprint density at radius 2 is 1.77 bits per heavy atom. The third-order valence-corrected chi connectivity index (χ3v) is 5.24. The number of hydrogen-bond acceptors (Lipinski definition) is 4. The summed E-state index contributed by atoms with van der Waals surface area (Å²) in [6, 6.07) is 14.7. The van der Waals surface area contributed by atoms with Gasteiger partial charge in [-0.1, -0.05) is 36.4 Å². The Balaban J connectivity index is 1.39. The third kappa shape index (κ3) is 4.20. The lowest BCUT2D eigenvalue weighted by Gasteiger charge is -2.29. The quantitative estimate of drug-likeness (QED) is 0.679. The smallest absolute Gasteiger partial charge is 0.345 e. The highest BCUT2D eigenvalue weighted by atomic mass is 16.7. The highest BCUT2D eigenvalue weighted by molar-refractivity contribution is 5.98. The van der Waals surface area contributed by atoms with Crippen LogP contribution in [0.5, 0.6) is 0 Å². The number of hydrogen-bond donors (Lipinski definition) is 3. The summed E-state index contributed by atoms with van der Waals surface area (Å²) < 4.78 is 0. The van der Waals surface area contributed by atoms with E-state index in [4.69, 9.17) is 10.6 Å². The maximum absolute atomic E-state index is 12.8. The van der Waals surface area contributed by atoms with Gasteiger partial charge in [0.1, 0.15) is 12.6 Å². The van der Waals surface area contributed by atoms with E-state index in [1.807, 2.05) is 30.3 Å². The number of carbonyl (C=O) groups excluding carboxylic acids is 3. The summed E-state index contributed by atoms with van der Waals surface area (Å²) in [5.41, 5.74) is 7.08. The molecule has 0 spiro atoms. The lowest BCUT2D eigenvalue weighted by Crippen LogP contribution is -2.47. The van der Waals surface area contributed by atoms with Gasteiger partial charge in [-0.3, -0.25) is 9.63 Å². The summed E-state index contributed by atoms with van der Waals surface area (Å²) in [7, 11) is 0. The van der Waals surface area contributed by atoms with Gasteiger partial charge in [0, 0.05) is 17.9 Å². The summed E-state index contributed by atoms with van der Waals surface area (Å²) >= 11 is 0. The first-order valence-electron chi connectivity index (χ1n) is 9.75. The minimum absolute atomic E-state index is 0.0617. The highest BCUT2D eigenvalue weighted by Gasteiger charge is 2.47. The minimum atomic E-state index is -0.685. The van der Waals surface area contributed by atoms with Crippen LogP contribution in [0.4, 0.5) is 21.0 Å². The molecule has 5 amide bonds. The SMILES string of the molecule is NC(=O)Nc1cccc(NC(=O)[C@@H]2CC[C@@H]3CN2C(=O)N3OCc2ccccc2)c1. The molecule has 2 heterocycles. The number of amides is 5. The van der Waals surface area contributed by atoms with Crippen LogP contribution in [0.2, 0.25) is 0 Å². The van der Waals surface area contributed by atoms with E-state index in [2.05, 4.69) is 10.6 Å². The van der Waals surface area contributed by atoms with Crippen molar-refractivity contribution in [3.63, 3.8) is 0 Å². The van der Waals surface area contributed by atoms with E-state index in [9.17, 15) is 14.4 Å². The maximum Gasteiger partial charge on any atom is 0.345 e. The third-order valence-electron chi connectivity index (χ3n) is 5.24. The molecule has 4 rings (SSSR count). The van der Waals surface area contributed by atoms with Gasteiger partial charge < -0.3 is 21.3 Å². The molecular formula is C21H23N5O4. The molecule has 2 aliphatic heterocycles. The average Bonchev–Trinajstić information content (AvgIpc) is 2.97. The predicted octanol–water partition coefficient (Wildman–Crippen LogP) is 2.52. The molecule has 156 valence electrons. The highest BCUT2D eigenvalue weighted by Crippen LogP contribution is 2.31. The summed E-state index contributed by atoms with van der Waals surface area (Å²) in [6.45, 7) is 0.752. The molecule has 0 saturated carbocycles. The first-order chi connectivity index (χ1) is 14.5. The van der Waals surface area contributed by atoms with Gasteiger partial charge in [-0.25, -0.2) is 9.59 Å². The number of anilines is 2. The molecule has 30 heavy (non-hydrogen) atoms. The van der Waals surface area contributed by atoms with Crippen molar-refractivity contribution in [3.05, 3.63) is 60.2 Å². The molecule has 2 aromatic carbocycles. The van der Waals surface area contributed by atoms with Crippen molar-refractivity contribution in [1.82, 2.24) is 9.96 Å². The Morgan fingerprint density at radius 1 is 1.03 bits per heavy atom. The molecule has 2 aromatic rings. The van der Waals surface area contributed by atoms with Crippen LogP contribution in [0.25, 0.3) is 0 Å². The number of primary amides is 1. The number of piperidine rings is 1. The van der Waals surface area contributed by atoms with Gasteiger partial charge in [-0.05, 0) is 36.6 Å². The van der Waals surface area contributed by atoms with Crippen LogP contribution in [0.15, 0.2) is 54.6 Å². The van der Waals surface area contributed by atoms with Crippen molar-refractivity contribution in [3.8, 4) is 0 Å². The van der Waals surface area contributed by atoms with Gasteiger partial charge in [-0.2, -0.15) is 5.06 Å². The van der Waals surface area contributed by atoms with E-state index in [0.717, 1.165) is 5.56 Å². The number of nitrogens with two attached hydrogens (primary N) is 1. The number of hydroxylamine groups is 2. The Morgan fingerprint density at radius 3 is 2.50 bits per heavy atom. The lowest BCUT2D eigenvalue weighted by molar-refractivity contribution is -0.140. The van der Waals surface area contributed by atoms with Crippen LogP contribution in [-0.2, 0) is 16.2 Å². The van der Waals surface area contributed by atoms with Crippen molar-refractivity contribution in [1.29, 1.82) is 0 Å². The van der Waals surface area contributed by atoms with Crippen molar-refractivity contribution in [2.45, 2.75) is 31.5 Å². The molecule has 0 radical (unpaired) electrons. The van der Waals surface area contributed by atoms with Crippen LogP contribution in [0, 0.1) is 0 Å². The average molecular weight is 409 g/mol. The number of benzene rings is 2. The first kappa shape index (κ1) is 19.7. The van der Waals surface area contributed by atoms with Crippen molar-refractivity contribution < 1.29 is 19.2 Å². The number of carbonyl (C=O) groups is 3. The topological polar surface area (TPSA) is 117 Å². The molecular weight excluding hydrogens is 386 g/mol. The molecule has 2 aliphatic rings. The fraction of sp³-hybridized carbons (Fsp3) is 0.286. The number of fused-ring (bicyclic) bond motifs is 2. The lowest BCUT2D eigenvalue weighted by atomic mass is 10.00. The van der Waals surface area contributed by atoms with Gasteiger partial charge >= 0.3 is 12.1 Å². The van der Waals surface area contributed by atoms with Gasteiger partial charge in [-0.15, -0.1) is 0 Å². The van der Waals surface area contributed by atoms with Gasteiger partial charge in [0.2, 0.25) is 5.91 Å². The predicted molar refractivity (Wildman–Crippen MR) is 110 cm³/mol. The molecule has 2 bridgehead atoms. The summed E-state index contributed by atoms with van der Waals surface area (Å²) in [6.07, 6.45) is 1.23. The fourth-order valence-electron chi connectivity index (χ4n) is 3.83. The molecule has 0 unspecified atom stereocenters. The largest absolute Gasteiger partial charge is 0.351 e. The van der Waals surface area contributed by atoms with E-state index in [0.29, 0.717) is 37.4 Å². The first-order valence-corrected chi connectivity index (χ1v) is 9.75.